The van der Waals surface area contributed by atoms with Gasteiger partial charge in [-0.15, -0.1) is 0 Å². The van der Waals surface area contributed by atoms with Gasteiger partial charge in [0.05, 0.1) is 15.9 Å². The first-order valence-corrected chi connectivity index (χ1v) is 9.82. The molecule has 2 aromatic carbocycles. The Morgan fingerprint density at radius 2 is 1.72 bits per heavy atom. The molecule has 1 aliphatic heterocycles. The Bertz CT molecular complexity index is 887. The molecule has 0 spiro atoms. The SMILES string of the molecule is O=[N+]([O-])c1ccc(S(=O)(=O)N2CC[C@H](Br)[C@H]2c2ccc(F)cc2)cc1. The van der Waals surface area contributed by atoms with E-state index in [4.69, 9.17) is 0 Å². The number of hydrogen-bond donors (Lipinski definition) is 0. The molecule has 3 rings (SSSR count). The summed E-state index contributed by atoms with van der Waals surface area (Å²) in [7, 11) is -3.83. The lowest BCUT2D eigenvalue weighted by Crippen LogP contribution is -2.32. The molecule has 1 fully saturated rings. The summed E-state index contributed by atoms with van der Waals surface area (Å²) >= 11 is 3.51. The van der Waals surface area contributed by atoms with Crippen LogP contribution in [-0.2, 0) is 10.0 Å². The fourth-order valence-corrected chi connectivity index (χ4v) is 5.52. The Morgan fingerprint density at radius 3 is 2.28 bits per heavy atom. The molecule has 0 aliphatic carbocycles. The van der Waals surface area contributed by atoms with Gasteiger partial charge in [-0.25, -0.2) is 12.8 Å². The smallest absolute Gasteiger partial charge is 0.258 e. The number of nitro benzene ring substituents is 1. The topological polar surface area (TPSA) is 80.5 Å². The molecule has 1 heterocycles. The number of hydrogen-bond acceptors (Lipinski definition) is 4. The number of non-ortho nitro benzene ring substituents is 1. The number of benzene rings is 2. The van der Waals surface area contributed by atoms with Crippen LogP contribution in [0.4, 0.5) is 10.1 Å². The summed E-state index contributed by atoms with van der Waals surface area (Å²) in [5.74, 6) is -0.391. The minimum absolute atomic E-state index is 0.00758. The molecule has 9 heteroatoms. The lowest BCUT2D eigenvalue weighted by atomic mass is 10.1. The quantitative estimate of drug-likeness (QED) is 0.422. The van der Waals surface area contributed by atoms with Crippen molar-refractivity contribution in [1.29, 1.82) is 0 Å². The van der Waals surface area contributed by atoms with Crippen LogP contribution in [0.25, 0.3) is 0 Å². The number of alkyl halides is 1. The van der Waals surface area contributed by atoms with E-state index < -0.39 is 26.8 Å². The average Bonchev–Trinajstić information content (AvgIpc) is 2.98. The molecule has 1 aliphatic rings. The van der Waals surface area contributed by atoms with Crippen LogP contribution in [-0.4, -0.2) is 29.0 Å². The van der Waals surface area contributed by atoms with Gasteiger partial charge in [0.25, 0.3) is 5.69 Å². The van der Waals surface area contributed by atoms with Crippen molar-refractivity contribution in [3.63, 3.8) is 0 Å². The highest BCUT2D eigenvalue weighted by molar-refractivity contribution is 9.09. The van der Waals surface area contributed by atoms with E-state index in [0.717, 1.165) is 0 Å². The normalized spacial score (nSPS) is 21.4. The molecular weight excluding hydrogens is 415 g/mol. The Labute approximate surface area is 152 Å². The first-order valence-electron chi connectivity index (χ1n) is 7.46. The second kappa shape index (κ2) is 6.81. The lowest BCUT2D eigenvalue weighted by Gasteiger charge is -2.26. The van der Waals surface area contributed by atoms with Gasteiger partial charge >= 0.3 is 0 Å². The highest BCUT2D eigenvalue weighted by atomic mass is 79.9. The van der Waals surface area contributed by atoms with E-state index in [-0.39, 0.29) is 15.4 Å². The van der Waals surface area contributed by atoms with E-state index in [1.165, 1.54) is 40.7 Å². The van der Waals surface area contributed by atoms with Crippen LogP contribution >= 0.6 is 15.9 Å². The van der Waals surface area contributed by atoms with Crippen molar-refractivity contribution < 1.29 is 17.7 Å². The van der Waals surface area contributed by atoms with Crippen molar-refractivity contribution in [2.45, 2.75) is 22.2 Å². The standard InChI is InChI=1S/C16H14BrFN2O4S/c17-15-9-10-19(16(15)11-1-3-12(18)4-2-11)25(23,24)14-7-5-13(6-8-14)20(21)22/h1-8,15-16H,9-10H2/t15-,16+/m0/s1. The van der Waals surface area contributed by atoms with E-state index in [1.807, 2.05) is 0 Å². The van der Waals surface area contributed by atoms with E-state index in [2.05, 4.69) is 15.9 Å². The maximum absolute atomic E-state index is 13.2. The Balaban J connectivity index is 1.97. The maximum Gasteiger partial charge on any atom is 0.269 e. The van der Waals surface area contributed by atoms with Crippen LogP contribution in [0.2, 0.25) is 0 Å². The highest BCUT2D eigenvalue weighted by Crippen LogP contribution is 2.40. The van der Waals surface area contributed by atoms with Gasteiger partial charge in [0.2, 0.25) is 10.0 Å². The van der Waals surface area contributed by atoms with Crippen LogP contribution in [0.3, 0.4) is 0 Å². The van der Waals surface area contributed by atoms with Gasteiger partial charge in [0, 0.05) is 23.5 Å². The maximum atomic E-state index is 13.2. The van der Waals surface area contributed by atoms with E-state index in [0.29, 0.717) is 18.5 Å². The Hall–Kier alpha value is -1.84. The first kappa shape index (κ1) is 18.0. The van der Waals surface area contributed by atoms with Gasteiger partial charge in [-0.1, -0.05) is 28.1 Å². The summed E-state index contributed by atoms with van der Waals surface area (Å²) < 4.78 is 40.5. The van der Waals surface area contributed by atoms with Gasteiger partial charge in [0.1, 0.15) is 5.82 Å². The fraction of sp³-hybridized carbons (Fsp3) is 0.250. The molecule has 0 radical (unpaired) electrons. The Kier molecular flexibility index (Phi) is 4.90. The zero-order chi connectivity index (χ0) is 18.2. The van der Waals surface area contributed by atoms with E-state index in [9.17, 15) is 22.9 Å². The zero-order valence-corrected chi connectivity index (χ0v) is 15.3. The molecule has 0 bridgehead atoms. The second-order valence-corrected chi connectivity index (χ2v) is 8.73. The molecule has 25 heavy (non-hydrogen) atoms. The molecule has 0 N–H and O–H groups in total. The first-order chi connectivity index (χ1) is 11.8. The predicted octanol–water partition coefficient (Wildman–Crippen LogP) is 3.63. The third kappa shape index (κ3) is 3.44. The summed E-state index contributed by atoms with van der Waals surface area (Å²) in [5.41, 5.74) is 0.514. The third-order valence-electron chi connectivity index (χ3n) is 4.14. The van der Waals surface area contributed by atoms with Crippen molar-refractivity contribution in [1.82, 2.24) is 4.31 Å². The van der Waals surface area contributed by atoms with Crippen LogP contribution in [0.15, 0.2) is 53.4 Å². The van der Waals surface area contributed by atoms with Crippen molar-refractivity contribution in [3.05, 3.63) is 70.0 Å². The number of nitrogens with zero attached hydrogens (tertiary/aromatic N) is 2. The summed E-state index contributed by atoms with van der Waals surface area (Å²) in [6.07, 6.45) is 0.605. The minimum atomic E-state index is -3.83. The number of sulfonamides is 1. The molecule has 6 nitrogen and oxygen atoms in total. The summed E-state index contributed by atoms with van der Waals surface area (Å²) in [6.45, 7) is 0.303. The Morgan fingerprint density at radius 1 is 1.12 bits per heavy atom. The highest BCUT2D eigenvalue weighted by Gasteiger charge is 2.41. The number of rotatable bonds is 4. The molecule has 2 aromatic rings. The molecule has 2 atom stereocenters. The molecule has 0 saturated carbocycles. The van der Waals surface area contributed by atoms with Gasteiger partial charge in [-0.05, 0) is 36.2 Å². The largest absolute Gasteiger partial charge is 0.269 e. The molecule has 0 unspecified atom stereocenters. The van der Waals surface area contributed by atoms with Crippen molar-refractivity contribution in [3.8, 4) is 0 Å². The summed E-state index contributed by atoms with van der Waals surface area (Å²) in [5, 5.41) is 10.7. The zero-order valence-electron chi connectivity index (χ0n) is 12.9. The number of nitro groups is 1. The fourth-order valence-electron chi connectivity index (χ4n) is 2.91. The molecule has 1 saturated heterocycles. The average molecular weight is 429 g/mol. The lowest BCUT2D eigenvalue weighted by molar-refractivity contribution is -0.384. The molecule has 132 valence electrons. The second-order valence-electron chi connectivity index (χ2n) is 5.67. The van der Waals surface area contributed by atoms with Gasteiger partial charge in [-0.3, -0.25) is 10.1 Å². The van der Waals surface area contributed by atoms with Crippen molar-refractivity contribution in [2.24, 2.45) is 0 Å². The summed E-state index contributed by atoms with van der Waals surface area (Å²) in [4.78, 5) is 10.0. The predicted molar refractivity (Wildman–Crippen MR) is 93.5 cm³/mol. The van der Waals surface area contributed by atoms with Crippen LogP contribution < -0.4 is 0 Å². The van der Waals surface area contributed by atoms with E-state index in [1.54, 1.807) is 12.1 Å². The van der Waals surface area contributed by atoms with Gasteiger partial charge < -0.3 is 0 Å². The summed E-state index contributed by atoms with van der Waals surface area (Å²) in [6, 6.07) is 10.1. The molecule has 0 aromatic heterocycles. The number of halogens is 2. The van der Waals surface area contributed by atoms with E-state index >= 15 is 0 Å². The monoisotopic (exact) mass is 428 g/mol. The van der Waals surface area contributed by atoms with Gasteiger partial charge in [0.15, 0.2) is 0 Å². The van der Waals surface area contributed by atoms with Crippen LogP contribution in [0.1, 0.15) is 18.0 Å². The molecular formula is C16H14BrFN2O4S. The minimum Gasteiger partial charge on any atom is -0.258 e. The molecule has 0 amide bonds. The third-order valence-corrected chi connectivity index (χ3v) is 7.00. The van der Waals surface area contributed by atoms with Crippen LogP contribution in [0.5, 0.6) is 0 Å². The van der Waals surface area contributed by atoms with Crippen LogP contribution in [0, 0.1) is 15.9 Å². The van der Waals surface area contributed by atoms with Gasteiger partial charge in [-0.2, -0.15) is 4.31 Å². The van der Waals surface area contributed by atoms with Crippen molar-refractivity contribution >= 4 is 31.6 Å². The van der Waals surface area contributed by atoms with Crippen molar-refractivity contribution in [2.75, 3.05) is 6.54 Å².